The maximum atomic E-state index is 12.7. The molecule has 1 atom stereocenters. The second kappa shape index (κ2) is 7.22. The van der Waals surface area contributed by atoms with Crippen LogP contribution in [-0.2, 0) is 20.9 Å². The van der Waals surface area contributed by atoms with E-state index >= 15 is 0 Å². The molecule has 1 aromatic carbocycles. The Hall–Kier alpha value is -1.88. The van der Waals surface area contributed by atoms with Crippen molar-refractivity contribution in [2.24, 2.45) is 0 Å². The molecule has 0 N–H and O–H groups in total. The summed E-state index contributed by atoms with van der Waals surface area (Å²) in [6, 6.07) is 6.86. The van der Waals surface area contributed by atoms with Crippen LogP contribution in [0.5, 0.6) is 0 Å². The van der Waals surface area contributed by atoms with Gasteiger partial charge in [-0.2, -0.15) is 0 Å². The Balaban J connectivity index is 2.20. The largest absolute Gasteiger partial charge is 0.467 e. The van der Waals surface area contributed by atoms with Crippen molar-refractivity contribution in [3.8, 4) is 0 Å². The predicted octanol–water partition coefficient (Wildman–Crippen LogP) is 2.00. The van der Waals surface area contributed by atoms with Crippen LogP contribution in [-0.4, -0.2) is 43.6 Å². The molecule has 1 aliphatic heterocycles. The Morgan fingerprint density at radius 2 is 2.10 bits per heavy atom. The number of esters is 1. The smallest absolute Gasteiger partial charge is 0.328 e. The van der Waals surface area contributed by atoms with Gasteiger partial charge in [0.1, 0.15) is 6.04 Å². The van der Waals surface area contributed by atoms with E-state index in [1.165, 1.54) is 7.11 Å². The van der Waals surface area contributed by atoms with E-state index in [1.807, 2.05) is 18.2 Å². The Kier molecular flexibility index (Phi) is 5.33. The summed E-state index contributed by atoms with van der Waals surface area (Å²) in [7, 11) is 2.98. The predicted molar refractivity (Wildman–Crippen MR) is 77.8 cm³/mol. The topological polar surface area (TPSA) is 55.8 Å². The summed E-state index contributed by atoms with van der Waals surface area (Å²) in [4.78, 5) is 26.1. The lowest BCUT2D eigenvalue weighted by molar-refractivity contribution is -0.147. The van der Waals surface area contributed by atoms with Gasteiger partial charge in [-0.15, -0.1) is 0 Å². The highest BCUT2D eigenvalue weighted by atomic mass is 16.5. The van der Waals surface area contributed by atoms with Crippen LogP contribution in [0.4, 0.5) is 0 Å². The molecule has 1 unspecified atom stereocenters. The first-order chi connectivity index (χ1) is 10.2. The molecule has 1 aromatic rings. The van der Waals surface area contributed by atoms with Gasteiger partial charge in [0.25, 0.3) is 5.91 Å². The Labute approximate surface area is 124 Å². The fourth-order valence-corrected chi connectivity index (χ4v) is 2.68. The van der Waals surface area contributed by atoms with Crippen LogP contribution in [0.2, 0.25) is 0 Å². The van der Waals surface area contributed by atoms with E-state index in [4.69, 9.17) is 9.47 Å². The zero-order valence-electron chi connectivity index (χ0n) is 12.5. The average Bonchev–Trinajstić information content (AvgIpc) is 2.54. The highest BCUT2D eigenvalue weighted by Gasteiger charge is 2.33. The molecule has 1 aliphatic rings. The second-order valence-corrected chi connectivity index (χ2v) is 5.17. The third kappa shape index (κ3) is 3.61. The minimum atomic E-state index is -0.470. The lowest BCUT2D eigenvalue weighted by Crippen LogP contribution is -2.48. The van der Waals surface area contributed by atoms with Gasteiger partial charge in [0.15, 0.2) is 0 Å². The maximum absolute atomic E-state index is 12.7. The summed E-state index contributed by atoms with van der Waals surface area (Å²) in [5, 5.41) is 0. The highest BCUT2D eigenvalue weighted by molar-refractivity contribution is 5.97. The maximum Gasteiger partial charge on any atom is 0.328 e. The number of likely N-dealkylation sites (tertiary alicyclic amines) is 1. The molecule has 114 valence electrons. The first-order valence-corrected chi connectivity index (χ1v) is 7.14. The minimum Gasteiger partial charge on any atom is -0.467 e. The quantitative estimate of drug-likeness (QED) is 0.796. The summed E-state index contributed by atoms with van der Waals surface area (Å²) in [5.41, 5.74) is 1.52. The summed E-state index contributed by atoms with van der Waals surface area (Å²) >= 11 is 0. The zero-order chi connectivity index (χ0) is 15.2. The van der Waals surface area contributed by atoms with Crippen LogP contribution in [0.3, 0.4) is 0 Å². The number of piperidine rings is 1. The molecular weight excluding hydrogens is 270 g/mol. The Bertz CT molecular complexity index is 515. The van der Waals surface area contributed by atoms with Crippen molar-refractivity contribution in [3.05, 3.63) is 35.4 Å². The van der Waals surface area contributed by atoms with E-state index < -0.39 is 6.04 Å². The molecule has 0 aliphatic carbocycles. The number of nitrogens with zero attached hydrogens (tertiary/aromatic N) is 1. The van der Waals surface area contributed by atoms with Crippen molar-refractivity contribution in [2.75, 3.05) is 20.8 Å². The second-order valence-electron chi connectivity index (χ2n) is 5.17. The third-order valence-corrected chi connectivity index (χ3v) is 3.72. The van der Waals surface area contributed by atoms with Crippen molar-refractivity contribution in [3.63, 3.8) is 0 Å². The van der Waals surface area contributed by atoms with Crippen LogP contribution in [0.25, 0.3) is 0 Å². The van der Waals surface area contributed by atoms with Gasteiger partial charge in [-0.1, -0.05) is 12.1 Å². The Morgan fingerprint density at radius 1 is 1.29 bits per heavy atom. The molecule has 5 heteroatoms. The number of ether oxygens (including phenoxy) is 2. The summed E-state index contributed by atoms with van der Waals surface area (Å²) in [6.45, 7) is 1.05. The van der Waals surface area contributed by atoms with Gasteiger partial charge in [-0.3, -0.25) is 4.79 Å². The molecule has 21 heavy (non-hydrogen) atoms. The van der Waals surface area contributed by atoms with Gasteiger partial charge in [0.2, 0.25) is 0 Å². The molecule has 1 amide bonds. The van der Waals surface area contributed by atoms with Crippen molar-refractivity contribution in [1.29, 1.82) is 0 Å². The number of carbonyl (C=O) groups excluding carboxylic acids is 2. The molecule has 5 nitrogen and oxygen atoms in total. The van der Waals surface area contributed by atoms with Crippen LogP contribution < -0.4 is 0 Å². The van der Waals surface area contributed by atoms with E-state index in [2.05, 4.69) is 0 Å². The molecule has 0 saturated carbocycles. The van der Waals surface area contributed by atoms with E-state index in [0.29, 0.717) is 25.1 Å². The molecule has 1 fully saturated rings. The van der Waals surface area contributed by atoms with Crippen molar-refractivity contribution in [2.45, 2.75) is 31.9 Å². The standard InChI is InChI=1S/C16H21NO4/c1-20-11-12-6-5-7-13(10-12)15(18)17-9-4-3-8-14(17)16(19)21-2/h5-7,10,14H,3-4,8-9,11H2,1-2H3. The normalized spacial score (nSPS) is 18.4. The van der Waals surface area contributed by atoms with Crippen LogP contribution in [0.1, 0.15) is 35.2 Å². The summed E-state index contributed by atoms with van der Waals surface area (Å²) in [5.74, 6) is -0.459. The van der Waals surface area contributed by atoms with E-state index in [-0.39, 0.29) is 11.9 Å². The first-order valence-electron chi connectivity index (χ1n) is 7.14. The number of benzene rings is 1. The molecule has 0 aromatic heterocycles. The van der Waals surface area contributed by atoms with Crippen molar-refractivity contribution in [1.82, 2.24) is 4.90 Å². The fraction of sp³-hybridized carbons (Fsp3) is 0.500. The number of rotatable bonds is 4. The highest BCUT2D eigenvalue weighted by Crippen LogP contribution is 2.21. The van der Waals surface area contributed by atoms with Gasteiger partial charge < -0.3 is 14.4 Å². The zero-order valence-corrected chi connectivity index (χ0v) is 12.5. The molecule has 1 heterocycles. The monoisotopic (exact) mass is 291 g/mol. The lowest BCUT2D eigenvalue weighted by Gasteiger charge is -2.33. The number of amides is 1. The number of hydrogen-bond acceptors (Lipinski definition) is 4. The number of hydrogen-bond donors (Lipinski definition) is 0. The first kappa shape index (κ1) is 15.5. The molecule has 0 radical (unpaired) electrons. The molecular formula is C16H21NO4. The molecule has 2 rings (SSSR count). The third-order valence-electron chi connectivity index (χ3n) is 3.72. The van der Waals surface area contributed by atoms with Gasteiger partial charge in [-0.25, -0.2) is 4.79 Å². The van der Waals surface area contributed by atoms with E-state index in [0.717, 1.165) is 18.4 Å². The van der Waals surface area contributed by atoms with Gasteiger partial charge in [0.05, 0.1) is 13.7 Å². The SMILES string of the molecule is COCc1cccc(C(=O)N2CCCCC2C(=O)OC)c1. The van der Waals surface area contributed by atoms with Crippen molar-refractivity contribution >= 4 is 11.9 Å². The number of methoxy groups -OCH3 is 2. The van der Waals surface area contributed by atoms with Crippen LogP contribution >= 0.6 is 0 Å². The number of carbonyl (C=O) groups is 2. The van der Waals surface area contributed by atoms with E-state index in [9.17, 15) is 9.59 Å². The molecule has 0 bridgehead atoms. The van der Waals surface area contributed by atoms with E-state index in [1.54, 1.807) is 18.1 Å². The van der Waals surface area contributed by atoms with Gasteiger partial charge in [-0.05, 0) is 37.0 Å². The molecule has 0 spiro atoms. The Morgan fingerprint density at radius 3 is 2.81 bits per heavy atom. The summed E-state index contributed by atoms with van der Waals surface area (Å²) < 4.78 is 9.90. The van der Waals surface area contributed by atoms with Crippen LogP contribution in [0.15, 0.2) is 24.3 Å². The lowest BCUT2D eigenvalue weighted by atomic mass is 10.0. The fourth-order valence-electron chi connectivity index (χ4n) is 2.68. The van der Waals surface area contributed by atoms with Gasteiger partial charge in [0, 0.05) is 19.2 Å². The average molecular weight is 291 g/mol. The molecule has 1 saturated heterocycles. The van der Waals surface area contributed by atoms with Crippen LogP contribution in [0, 0.1) is 0 Å². The van der Waals surface area contributed by atoms with Gasteiger partial charge >= 0.3 is 5.97 Å². The van der Waals surface area contributed by atoms with Crippen molar-refractivity contribution < 1.29 is 19.1 Å². The minimum absolute atomic E-state index is 0.122. The summed E-state index contributed by atoms with van der Waals surface area (Å²) in [6.07, 6.45) is 2.51.